The highest BCUT2D eigenvalue weighted by Crippen LogP contribution is 2.32. The number of aromatic nitrogens is 2. The van der Waals surface area contributed by atoms with E-state index in [9.17, 15) is 4.21 Å². The number of aliphatic imine (C=N–C) groups is 1. The van der Waals surface area contributed by atoms with Gasteiger partial charge in [-0.3, -0.25) is 9.20 Å². The minimum atomic E-state index is -1.17. The maximum absolute atomic E-state index is 11.5. The summed E-state index contributed by atoms with van der Waals surface area (Å²) in [5.41, 5.74) is 0.928. The molecule has 1 aromatic rings. The molecular weight excluding hydrogens is 316 g/mol. The number of hydrogen-bond acceptors (Lipinski definition) is 5. The zero-order valence-corrected chi connectivity index (χ0v) is 12.2. The Morgan fingerprint density at radius 3 is 3.11 bits per heavy atom. The lowest BCUT2D eigenvalue weighted by Crippen LogP contribution is -2.39. The molecule has 18 heavy (non-hydrogen) atoms. The lowest BCUT2D eigenvalue weighted by Gasteiger charge is -2.32. The third-order valence-electron chi connectivity index (χ3n) is 2.84. The van der Waals surface area contributed by atoms with Crippen LogP contribution in [0, 0.1) is 0 Å². The predicted molar refractivity (Wildman–Crippen MR) is 75.5 cm³/mol. The molecule has 1 unspecified atom stereocenters. The maximum atomic E-state index is 11.5. The Morgan fingerprint density at radius 1 is 1.50 bits per heavy atom. The van der Waals surface area contributed by atoms with E-state index in [0.29, 0.717) is 5.16 Å². The van der Waals surface area contributed by atoms with E-state index in [1.807, 2.05) is 6.08 Å². The van der Waals surface area contributed by atoms with Gasteiger partial charge in [-0.05, 0) is 28.4 Å². The van der Waals surface area contributed by atoms with Crippen molar-refractivity contribution in [3.8, 4) is 0 Å². The van der Waals surface area contributed by atoms with Crippen LogP contribution in [0.2, 0.25) is 0 Å². The Morgan fingerprint density at radius 2 is 2.33 bits per heavy atom. The van der Waals surface area contributed by atoms with Crippen LogP contribution in [0.25, 0.3) is 6.08 Å². The van der Waals surface area contributed by atoms with Crippen LogP contribution < -0.4 is 4.90 Å². The SMILES string of the molecule is CS(=O)c1ncc2c(n1)N1CCCN=C1C(Br)=C2. The molecule has 0 N–H and O–H groups in total. The number of fused-ring (bicyclic) bond motifs is 3. The third-order valence-corrected chi connectivity index (χ3v) is 4.13. The summed E-state index contributed by atoms with van der Waals surface area (Å²) in [5, 5.41) is 0.366. The van der Waals surface area contributed by atoms with Gasteiger partial charge in [0.2, 0.25) is 5.16 Å². The number of anilines is 1. The Labute approximate surface area is 116 Å². The van der Waals surface area contributed by atoms with Crippen LogP contribution in [0.4, 0.5) is 5.82 Å². The quantitative estimate of drug-likeness (QED) is 0.735. The summed E-state index contributed by atoms with van der Waals surface area (Å²) in [7, 11) is -1.17. The molecule has 0 bridgehead atoms. The molecule has 7 heteroatoms. The molecule has 0 aromatic carbocycles. The fourth-order valence-electron chi connectivity index (χ4n) is 2.04. The Kier molecular flexibility index (Phi) is 3.03. The van der Waals surface area contributed by atoms with E-state index in [1.165, 1.54) is 0 Å². The van der Waals surface area contributed by atoms with Gasteiger partial charge in [0.1, 0.15) is 11.7 Å². The number of amidine groups is 1. The topological polar surface area (TPSA) is 58.5 Å². The highest BCUT2D eigenvalue weighted by atomic mass is 79.9. The molecule has 0 amide bonds. The van der Waals surface area contributed by atoms with Gasteiger partial charge in [-0.2, -0.15) is 0 Å². The highest BCUT2D eigenvalue weighted by molar-refractivity contribution is 9.12. The first-order valence-electron chi connectivity index (χ1n) is 5.57. The van der Waals surface area contributed by atoms with Crippen molar-refractivity contribution in [3.05, 3.63) is 16.2 Å². The second-order valence-electron chi connectivity index (χ2n) is 4.09. The number of hydrogen-bond donors (Lipinski definition) is 0. The zero-order chi connectivity index (χ0) is 12.7. The van der Waals surface area contributed by atoms with E-state index in [2.05, 4.69) is 35.8 Å². The van der Waals surface area contributed by atoms with E-state index in [1.54, 1.807) is 12.5 Å². The second kappa shape index (κ2) is 4.55. The average molecular weight is 327 g/mol. The van der Waals surface area contributed by atoms with Gasteiger partial charge < -0.3 is 4.90 Å². The standard InChI is InChI=1S/C11H11BrN4OS/c1-18(17)11-14-6-7-5-8(12)10-13-3-2-4-16(10)9(7)15-11/h5-6H,2-4H2,1H3. The molecule has 94 valence electrons. The van der Waals surface area contributed by atoms with E-state index >= 15 is 0 Å². The molecule has 0 saturated heterocycles. The zero-order valence-electron chi connectivity index (χ0n) is 9.76. The van der Waals surface area contributed by atoms with Crippen molar-refractivity contribution >= 4 is 44.5 Å². The molecule has 1 aromatic heterocycles. The van der Waals surface area contributed by atoms with E-state index in [0.717, 1.165) is 41.2 Å². The van der Waals surface area contributed by atoms with E-state index in [4.69, 9.17) is 0 Å². The van der Waals surface area contributed by atoms with Crippen LogP contribution in [0.1, 0.15) is 12.0 Å². The molecule has 0 radical (unpaired) electrons. The van der Waals surface area contributed by atoms with Gasteiger partial charge in [0, 0.05) is 31.1 Å². The van der Waals surface area contributed by atoms with Crippen molar-refractivity contribution in [2.24, 2.45) is 4.99 Å². The normalized spacial score (nSPS) is 19.6. The summed E-state index contributed by atoms with van der Waals surface area (Å²) in [6.07, 6.45) is 6.25. The molecule has 0 aliphatic carbocycles. The molecule has 0 saturated carbocycles. The van der Waals surface area contributed by atoms with Crippen LogP contribution in [-0.4, -0.2) is 39.4 Å². The fraction of sp³-hybridized carbons (Fsp3) is 0.364. The van der Waals surface area contributed by atoms with Gasteiger partial charge in [0.25, 0.3) is 0 Å². The largest absolute Gasteiger partial charge is 0.310 e. The molecule has 0 fully saturated rings. The van der Waals surface area contributed by atoms with Crippen molar-refractivity contribution in [1.82, 2.24) is 9.97 Å². The van der Waals surface area contributed by atoms with Gasteiger partial charge in [-0.25, -0.2) is 9.97 Å². The van der Waals surface area contributed by atoms with E-state index < -0.39 is 10.8 Å². The monoisotopic (exact) mass is 326 g/mol. The van der Waals surface area contributed by atoms with Crippen molar-refractivity contribution in [1.29, 1.82) is 0 Å². The van der Waals surface area contributed by atoms with Crippen LogP contribution >= 0.6 is 15.9 Å². The van der Waals surface area contributed by atoms with Gasteiger partial charge >= 0.3 is 0 Å². The maximum Gasteiger partial charge on any atom is 0.220 e. The first-order valence-corrected chi connectivity index (χ1v) is 7.92. The molecule has 1 atom stereocenters. The summed E-state index contributed by atoms with van der Waals surface area (Å²) >= 11 is 3.52. The predicted octanol–water partition coefficient (Wildman–Crippen LogP) is 1.57. The number of rotatable bonds is 1. The van der Waals surface area contributed by atoms with Crippen LogP contribution in [0.5, 0.6) is 0 Å². The first kappa shape index (κ1) is 12.0. The summed E-state index contributed by atoms with van der Waals surface area (Å²) < 4.78 is 12.4. The third kappa shape index (κ3) is 1.91. The molecule has 3 heterocycles. The molecule has 5 nitrogen and oxygen atoms in total. The lowest BCUT2D eigenvalue weighted by molar-refractivity contribution is 0.678. The van der Waals surface area contributed by atoms with Crippen LogP contribution in [0.15, 0.2) is 20.8 Å². The van der Waals surface area contributed by atoms with E-state index in [-0.39, 0.29) is 0 Å². The molecule has 3 rings (SSSR count). The second-order valence-corrected chi connectivity index (χ2v) is 6.22. The smallest absolute Gasteiger partial charge is 0.220 e. The summed E-state index contributed by atoms with van der Waals surface area (Å²) in [6.45, 7) is 1.71. The minimum absolute atomic E-state index is 0.366. The Hall–Kier alpha value is -1.08. The number of halogens is 1. The summed E-state index contributed by atoms with van der Waals surface area (Å²) in [6, 6.07) is 0. The average Bonchev–Trinajstić information content (AvgIpc) is 2.38. The lowest BCUT2D eigenvalue weighted by atomic mass is 10.1. The summed E-state index contributed by atoms with van der Waals surface area (Å²) in [5.74, 6) is 1.71. The number of nitrogens with zero attached hydrogens (tertiary/aromatic N) is 4. The Bertz CT molecular complexity index is 599. The highest BCUT2D eigenvalue weighted by Gasteiger charge is 2.27. The Balaban J connectivity index is 2.17. The van der Waals surface area contributed by atoms with Crippen molar-refractivity contribution in [2.75, 3.05) is 24.2 Å². The van der Waals surface area contributed by atoms with Crippen molar-refractivity contribution in [2.45, 2.75) is 11.6 Å². The molecule has 2 aliphatic rings. The molecule has 2 aliphatic heterocycles. The van der Waals surface area contributed by atoms with Crippen molar-refractivity contribution in [3.63, 3.8) is 0 Å². The molecule has 0 spiro atoms. The molecular formula is C11H11BrN4OS. The first-order chi connectivity index (χ1) is 8.66. The van der Waals surface area contributed by atoms with Gasteiger partial charge in [-0.1, -0.05) is 0 Å². The van der Waals surface area contributed by atoms with Crippen molar-refractivity contribution < 1.29 is 4.21 Å². The van der Waals surface area contributed by atoms with Gasteiger partial charge in [0.05, 0.1) is 15.3 Å². The van der Waals surface area contributed by atoms with Crippen LogP contribution in [-0.2, 0) is 10.8 Å². The van der Waals surface area contributed by atoms with Gasteiger partial charge in [-0.15, -0.1) is 0 Å². The summed E-state index contributed by atoms with van der Waals surface area (Å²) in [4.78, 5) is 15.1. The van der Waals surface area contributed by atoms with Crippen LogP contribution in [0.3, 0.4) is 0 Å². The fourth-order valence-corrected chi connectivity index (χ4v) is 3.04. The minimum Gasteiger partial charge on any atom is -0.310 e. The van der Waals surface area contributed by atoms with Gasteiger partial charge in [0.15, 0.2) is 0 Å².